The Labute approximate surface area is 132 Å². The summed E-state index contributed by atoms with van der Waals surface area (Å²) in [6.07, 6.45) is 1.71. The zero-order chi connectivity index (χ0) is 15.0. The molecular weight excluding hydrogens is 306 g/mol. The second-order valence-corrected chi connectivity index (χ2v) is 7.09. The van der Waals surface area contributed by atoms with E-state index in [1.54, 1.807) is 0 Å². The van der Waals surface area contributed by atoms with Crippen LogP contribution < -0.4 is 5.32 Å². The Balaban J connectivity index is 1.76. The topological polar surface area (TPSA) is 54.9 Å². The zero-order valence-corrected chi connectivity index (χ0v) is 13.5. The van der Waals surface area contributed by atoms with Crippen LogP contribution in [0.3, 0.4) is 0 Å². The molecule has 1 aliphatic rings. The number of halogens is 1. The van der Waals surface area contributed by atoms with Gasteiger partial charge in [0.05, 0.1) is 5.41 Å². The molecule has 0 atom stereocenters. The fourth-order valence-corrected chi connectivity index (χ4v) is 3.14. The van der Waals surface area contributed by atoms with Crippen molar-refractivity contribution in [3.8, 4) is 0 Å². The Kier molecular flexibility index (Phi) is 3.71. The number of anilines is 1. The number of nitrogens with one attached hydrogen (secondary N) is 1. The molecule has 110 valence electrons. The van der Waals surface area contributed by atoms with E-state index in [4.69, 9.17) is 11.6 Å². The van der Waals surface area contributed by atoms with Crippen molar-refractivity contribution in [1.82, 2.24) is 10.2 Å². The fourth-order valence-electron chi connectivity index (χ4n) is 2.28. The van der Waals surface area contributed by atoms with Gasteiger partial charge in [-0.05, 0) is 30.5 Å². The van der Waals surface area contributed by atoms with Crippen molar-refractivity contribution in [3.63, 3.8) is 0 Å². The first-order chi connectivity index (χ1) is 10.0. The predicted octanol–water partition coefficient (Wildman–Crippen LogP) is 3.99. The Hall–Kier alpha value is -1.46. The molecule has 1 heterocycles. The van der Waals surface area contributed by atoms with E-state index in [1.165, 1.54) is 11.3 Å². The van der Waals surface area contributed by atoms with Gasteiger partial charge >= 0.3 is 0 Å². The lowest BCUT2D eigenvalue weighted by Crippen LogP contribution is -2.27. The fraction of sp³-hybridized carbons (Fsp3) is 0.400. The standard InChI is InChI=1S/C15H16ClN3OS/c1-9(2)12-18-19-14(21-12)17-13(20)15(7-8-15)10-3-5-11(16)6-4-10/h3-6,9H,7-8H2,1-2H3,(H,17,19,20). The van der Waals surface area contributed by atoms with Crippen molar-refractivity contribution in [1.29, 1.82) is 0 Å². The molecule has 0 aliphatic heterocycles. The highest BCUT2D eigenvalue weighted by Crippen LogP contribution is 2.49. The molecule has 1 fully saturated rings. The lowest BCUT2D eigenvalue weighted by molar-refractivity contribution is -0.118. The third-order valence-corrected chi connectivity index (χ3v) is 5.13. The Morgan fingerprint density at radius 1 is 1.29 bits per heavy atom. The molecule has 1 amide bonds. The van der Waals surface area contributed by atoms with Crippen LogP contribution in [0, 0.1) is 0 Å². The van der Waals surface area contributed by atoms with Crippen LogP contribution in [0.25, 0.3) is 0 Å². The minimum Gasteiger partial charge on any atom is -0.300 e. The van der Waals surface area contributed by atoms with Gasteiger partial charge in [0.1, 0.15) is 5.01 Å². The number of carbonyl (C=O) groups excluding carboxylic acids is 1. The van der Waals surface area contributed by atoms with Crippen molar-refractivity contribution in [2.45, 2.75) is 38.0 Å². The molecule has 0 saturated heterocycles. The van der Waals surface area contributed by atoms with Crippen molar-refractivity contribution in [2.24, 2.45) is 0 Å². The lowest BCUT2D eigenvalue weighted by atomic mass is 9.95. The van der Waals surface area contributed by atoms with Crippen molar-refractivity contribution in [2.75, 3.05) is 5.32 Å². The van der Waals surface area contributed by atoms with Gasteiger partial charge in [-0.2, -0.15) is 0 Å². The van der Waals surface area contributed by atoms with Gasteiger partial charge in [0, 0.05) is 10.9 Å². The maximum Gasteiger partial charge on any atom is 0.236 e. The number of benzene rings is 1. The first kappa shape index (κ1) is 14.5. The molecule has 1 aliphatic carbocycles. The van der Waals surface area contributed by atoms with Gasteiger partial charge in [-0.3, -0.25) is 10.1 Å². The predicted molar refractivity (Wildman–Crippen MR) is 85.0 cm³/mol. The number of carbonyl (C=O) groups is 1. The monoisotopic (exact) mass is 321 g/mol. The number of hydrogen-bond donors (Lipinski definition) is 1. The number of hydrogen-bond acceptors (Lipinski definition) is 4. The van der Waals surface area contributed by atoms with Gasteiger partial charge in [-0.1, -0.05) is 48.9 Å². The third-order valence-electron chi connectivity index (χ3n) is 3.74. The van der Waals surface area contributed by atoms with Crippen molar-refractivity contribution in [3.05, 3.63) is 39.9 Å². The van der Waals surface area contributed by atoms with E-state index in [-0.39, 0.29) is 5.91 Å². The smallest absolute Gasteiger partial charge is 0.236 e. The molecule has 3 rings (SSSR count). The molecule has 1 saturated carbocycles. The van der Waals surface area contributed by atoms with E-state index in [0.29, 0.717) is 16.1 Å². The number of rotatable bonds is 4. The van der Waals surface area contributed by atoms with Crippen LogP contribution in [0.15, 0.2) is 24.3 Å². The Morgan fingerprint density at radius 3 is 2.48 bits per heavy atom. The van der Waals surface area contributed by atoms with Gasteiger partial charge in [0.25, 0.3) is 0 Å². The SMILES string of the molecule is CC(C)c1nnc(NC(=O)C2(c3ccc(Cl)cc3)CC2)s1. The summed E-state index contributed by atoms with van der Waals surface area (Å²) in [5.74, 6) is 0.315. The van der Waals surface area contributed by atoms with E-state index in [2.05, 4.69) is 29.4 Å². The van der Waals surface area contributed by atoms with Gasteiger partial charge in [-0.15, -0.1) is 10.2 Å². The van der Waals surface area contributed by atoms with Crippen LogP contribution in [0.1, 0.15) is 43.2 Å². The summed E-state index contributed by atoms with van der Waals surface area (Å²) < 4.78 is 0. The van der Waals surface area contributed by atoms with Crippen LogP contribution in [-0.4, -0.2) is 16.1 Å². The molecule has 0 radical (unpaired) electrons. The van der Waals surface area contributed by atoms with Gasteiger partial charge in [0.2, 0.25) is 11.0 Å². The van der Waals surface area contributed by atoms with Crippen LogP contribution in [0.4, 0.5) is 5.13 Å². The van der Waals surface area contributed by atoms with Gasteiger partial charge in [-0.25, -0.2) is 0 Å². The highest BCUT2D eigenvalue weighted by Gasteiger charge is 2.51. The molecule has 1 aromatic heterocycles. The summed E-state index contributed by atoms with van der Waals surface area (Å²) >= 11 is 7.34. The summed E-state index contributed by atoms with van der Waals surface area (Å²) in [6.45, 7) is 4.12. The first-order valence-electron chi connectivity index (χ1n) is 6.92. The van der Waals surface area contributed by atoms with E-state index >= 15 is 0 Å². The quantitative estimate of drug-likeness (QED) is 0.926. The number of nitrogens with zero attached hydrogens (tertiary/aromatic N) is 2. The summed E-state index contributed by atoms with van der Waals surface area (Å²) in [7, 11) is 0. The van der Waals surface area contributed by atoms with Crippen molar-refractivity contribution >= 4 is 34.0 Å². The lowest BCUT2D eigenvalue weighted by Gasteiger charge is -2.14. The number of amides is 1. The maximum atomic E-state index is 12.6. The number of aromatic nitrogens is 2. The molecule has 4 nitrogen and oxygen atoms in total. The second kappa shape index (κ2) is 5.39. The molecule has 1 aromatic carbocycles. The summed E-state index contributed by atoms with van der Waals surface area (Å²) in [5.41, 5.74) is 0.590. The molecule has 21 heavy (non-hydrogen) atoms. The molecular formula is C15H16ClN3OS. The minimum atomic E-state index is -0.422. The molecule has 2 aromatic rings. The van der Waals surface area contributed by atoms with Crippen LogP contribution in [0.2, 0.25) is 5.02 Å². The highest BCUT2D eigenvalue weighted by molar-refractivity contribution is 7.15. The van der Waals surface area contributed by atoms with Crippen LogP contribution >= 0.6 is 22.9 Å². The molecule has 6 heteroatoms. The molecule has 0 unspecified atom stereocenters. The minimum absolute atomic E-state index is 0.00345. The first-order valence-corrected chi connectivity index (χ1v) is 8.11. The maximum absolute atomic E-state index is 12.6. The Morgan fingerprint density at radius 2 is 1.95 bits per heavy atom. The van der Waals surface area contributed by atoms with E-state index in [0.717, 1.165) is 23.4 Å². The van der Waals surface area contributed by atoms with Crippen LogP contribution in [-0.2, 0) is 10.2 Å². The summed E-state index contributed by atoms with van der Waals surface area (Å²) in [5, 5.41) is 13.2. The summed E-state index contributed by atoms with van der Waals surface area (Å²) in [4.78, 5) is 12.6. The van der Waals surface area contributed by atoms with E-state index in [1.807, 2.05) is 24.3 Å². The third kappa shape index (κ3) is 2.80. The molecule has 1 N–H and O–H groups in total. The molecule has 0 bridgehead atoms. The highest BCUT2D eigenvalue weighted by atomic mass is 35.5. The normalized spacial score (nSPS) is 16.0. The van der Waals surface area contributed by atoms with E-state index in [9.17, 15) is 4.79 Å². The van der Waals surface area contributed by atoms with E-state index < -0.39 is 5.41 Å². The zero-order valence-electron chi connectivity index (χ0n) is 11.9. The van der Waals surface area contributed by atoms with Crippen molar-refractivity contribution < 1.29 is 4.79 Å². The molecule has 0 spiro atoms. The Bertz CT molecular complexity index is 662. The average Bonchev–Trinajstić information content (AvgIpc) is 3.13. The second-order valence-electron chi connectivity index (χ2n) is 5.64. The summed E-state index contributed by atoms with van der Waals surface area (Å²) in [6, 6.07) is 7.50. The van der Waals surface area contributed by atoms with Gasteiger partial charge in [0.15, 0.2) is 0 Å². The largest absolute Gasteiger partial charge is 0.300 e. The van der Waals surface area contributed by atoms with Crippen LogP contribution in [0.5, 0.6) is 0 Å². The van der Waals surface area contributed by atoms with Gasteiger partial charge < -0.3 is 0 Å². The average molecular weight is 322 g/mol.